The largest absolute Gasteiger partial charge is 0.444 e. The monoisotopic (exact) mass is 393 g/mol. The number of terminal acetylenes is 1. The molecule has 8 heteroatoms. The van der Waals surface area contributed by atoms with Crippen molar-refractivity contribution in [2.45, 2.75) is 37.8 Å². The molecular weight excluding hydrogens is 366 g/mol. The van der Waals surface area contributed by atoms with Crippen LogP contribution >= 0.6 is 0 Å². The number of sulfonamides is 1. The van der Waals surface area contributed by atoms with Crippen LogP contribution in [0.25, 0.3) is 0 Å². The van der Waals surface area contributed by atoms with E-state index in [-0.39, 0.29) is 11.0 Å². The second-order valence-corrected chi connectivity index (χ2v) is 9.46. The lowest BCUT2D eigenvalue weighted by Gasteiger charge is -2.35. The van der Waals surface area contributed by atoms with E-state index in [9.17, 15) is 13.2 Å². The average Bonchev–Trinajstić information content (AvgIpc) is 2.60. The number of benzene rings is 1. The molecule has 0 spiro atoms. The van der Waals surface area contributed by atoms with Gasteiger partial charge in [0.1, 0.15) is 5.60 Å². The van der Waals surface area contributed by atoms with E-state index in [1.54, 1.807) is 29.2 Å². The molecule has 2 rings (SSSR count). The maximum absolute atomic E-state index is 12.2. The third-order valence-electron chi connectivity index (χ3n) is 4.19. The van der Waals surface area contributed by atoms with Gasteiger partial charge in [0, 0.05) is 45.8 Å². The number of amides is 1. The van der Waals surface area contributed by atoms with Gasteiger partial charge in [0.15, 0.2) is 0 Å². The van der Waals surface area contributed by atoms with Gasteiger partial charge in [0.2, 0.25) is 0 Å². The summed E-state index contributed by atoms with van der Waals surface area (Å²) in [5, 5.41) is 0. The summed E-state index contributed by atoms with van der Waals surface area (Å²) in [5.74, 6) is 0. The number of carbonyl (C=O) groups excluding carboxylic acids is 1. The van der Waals surface area contributed by atoms with Crippen molar-refractivity contribution in [3.05, 3.63) is 29.8 Å². The molecule has 0 radical (unpaired) electrons. The Morgan fingerprint density at radius 1 is 1.19 bits per heavy atom. The van der Waals surface area contributed by atoms with Gasteiger partial charge in [-0.2, -0.15) is 0 Å². The molecule has 0 unspecified atom stereocenters. The first-order valence-corrected chi connectivity index (χ1v) is 10.2. The van der Waals surface area contributed by atoms with Gasteiger partial charge < -0.3 is 9.64 Å². The molecule has 27 heavy (non-hydrogen) atoms. The lowest BCUT2D eigenvalue weighted by molar-refractivity contribution is 0.0139. The molecule has 1 heterocycles. The van der Waals surface area contributed by atoms with E-state index in [1.165, 1.54) is 7.05 Å². The van der Waals surface area contributed by atoms with Crippen molar-refractivity contribution in [1.29, 1.82) is 0 Å². The minimum Gasteiger partial charge on any atom is -0.444 e. The van der Waals surface area contributed by atoms with Crippen LogP contribution in [0.5, 0.6) is 0 Å². The summed E-state index contributed by atoms with van der Waals surface area (Å²) < 4.78 is 30.6. The summed E-state index contributed by atoms with van der Waals surface area (Å²) in [6.45, 7) is 8.93. The summed E-state index contributed by atoms with van der Waals surface area (Å²) in [4.78, 5) is 16.2. The SMILES string of the molecule is C#CN(C)S(=O)(=O)c1ccc(CN2CCN(C(=O)OC(C)(C)C)CC2)cc1. The average molecular weight is 394 g/mol. The Labute approximate surface area is 161 Å². The van der Waals surface area contributed by atoms with Crippen LogP contribution in [0.2, 0.25) is 0 Å². The van der Waals surface area contributed by atoms with Gasteiger partial charge in [-0.1, -0.05) is 18.6 Å². The lowest BCUT2D eigenvalue weighted by Crippen LogP contribution is -2.49. The van der Waals surface area contributed by atoms with Crippen molar-refractivity contribution >= 4 is 16.1 Å². The molecule has 0 atom stereocenters. The van der Waals surface area contributed by atoms with Gasteiger partial charge in [0.25, 0.3) is 10.0 Å². The van der Waals surface area contributed by atoms with Gasteiger partial charge in [-0.05, 0) is 38.5 Å². The van der Waals surface area contributed by atoms with Crippen LogP contribution in [0.15, 0.2) is 29.2 Å². The van der Waals surface area contributed by atoms with Gasteiger partial charge >= 0.3 is 6.09 Å². The quantitative estimate of drug-likeness (QED) is 0.578. The molecule has 0 aromatic heterocycles. The van der Waals surface area contributed by atoms with E-state index >= 15 is 0 Å². The fourth-order valence-corrected chi connectivity index (χ4v) is 3.60. The van der Waals surface area contributed by atoms with Crippen LogP contribution in [0.1, 0.15) is 26.3 Å². The molecule has 0 saturated carbocycles. The maximum atomic E-state index is 12.2. The molecule has 0 bridgehead atoms. The summed E-state index contributed by atoms with van der Waals surface area (Å²) in [6.07, 6.45) is 4.89. The van der Waals surface area contributed by atoms with Crippen molar-refractivity contribution in [3.8, 4) is 12.5 Å². The van der Waals surface area contributed by atoms with Gasteiger partial charge in [-0.15, -0.1) is 0 Å². The van der Waals surface area contributed by atoms with Crippen LogP contribution in [-0.4, -0.2) is 67.4 Å². The van der Waals surface area contributed by atoms with Crippen LogP contribution in [-0.2, 0) is 21.3 Å². The van der Waals surface area contributed by atoms with Gasteiger partial charge in [-0.25, -0.2) is 17.5 Å². The first-order chi connectivity index (χ1) is 12.5. The first-order valence-electron chi connectivity index (χ1n) is 8.77. The Balaban J connectivity index is 1.91. The molecule has 1 aromatic carbocycles. The summed E-state index contributed by atoms with van der Waals surface area (Å²) in [5.41, 5.74) is 0.507. The van der Waals surface area contributed by atoms with Crippen LogP contribution < -0.4 is 0 Å². The van der Waals surface area contributed by atoms with E-state index in [0.29, 0.717) is 19.6 Å². The number of rotatable bonds is 4. The lowest BCUT2D eigenvalue weighted by atomic mass is 10.2. The molecule has 1 aliphatic heterocycles. The van der Waals surface area contributed by atoms with Crippen molar-refractivity contribution in [1.82, 2.24) is 14.1 Å². The summed E-state index contributed by atoms with van der Waals surface area (Å²) >= 11 is 0. The molecule has 1 saturated heterocycles. The third kappa shape index (κ3) is 5.62. The molecule has 7 nitrogen and oxygen atoms in total. The molecule has 1 fully saturated rings. The summed E-state index contributed by atoms with van der Waals surface area (Å²) in [6, 6.07) is 8.81. The van der Waals surface area contributed by atoms with Crippen LogP contribution in [0, 0.1) is 12.5 Å². The van der Waals surface area contributed by atoms with E-state index < -0.39 is 15.6 Å². The smallest absolute Gasteiger partial charge is 0.410 e. The zero-order valence-corrected chi connectivity index (χ0v) is 17.1. The predicted molar refractivity (Wildman–Crippen MR) is 103 cm³/mol. The molecule has 148 valence electrons. The molecule has 0 aliphatic carbocycles. The molecule has 1 aliphatic rings. The predicted octanol–water partition coefficient (Wildman–Crippen LogP) is 1.95. The number of carbonyl (C=O) groups is 1. The minimum atomic E-state index is -3.65. The Morgan fingerprint density at radius 2 is 1.74 bits per heavy atom. The Morgan fingerprint density at radius 3 is 2.22 bits per heavy atom. The molecule has 1 amide bonds. The van der Waals surface area contributed by atoms with Crippen LogP contribution in [0.3, 0.4) is 0 Å². The third-order valence-corrected chi connectivity index (χ3v) is 5.89. The first kappa shape index (κ1) is 21.1. The van der Waals surface area contributed by atoms with Crippen molar-refractivity contribution in [3.63, 3.8) is 0 Å². The topological polar surface area (TPSA) is 70.2 Å². The highest BCUT2D eigenvalue weighted by molar-refractivity contribution is 7.89. The Bertz CT molecular complexity index is 799. The van der Waals surface area contributed by atoms with Crippen molar-refractivity contribution in [2.75, 3.05) is 33.2 Å². The van der Waals surface area contributed by atoms with Gasteiger partial charge in [-0.3, -0.25) is 4.90 Å². The van der Waals surface area contributed by atoms with Crippen LogP contribution in [0.4, 0.5) is 4.79 Å². The molecule has 0 N–H and O–H groups in total. The number of hydrogen-bond donors (Lipinski definition) is 0. The fraction of sp³-hybridized carbons (Fsp3) is 0.526. The standard InChI is InChI=1S/C19H27N3O4S/c1-6-20(5)27(24,25)17-9-7-16(8-10-17)15-21-11-13-22(14-12-21)18(23)26-19(2,3)4/h1,7-10H,11-15H2,2-5H3. The van der Waals surface area contributed by atoms with Gasteiger partial charge in [0.05, 0.1) is 4.90 Å². The van der Waals surface area contributed by atoms with E-state index in [0.717, 1.165) is 23.0 Å². The second-order valence-electron chi connectivity index (χ2n) is 7.49. The van der Waals surface area contributed by atoms with E-state index in [2.05, 4.69) is 10.9 Å². The number of hydrogen-bond acceptors (Lipinski definition) is 5. The molecule has 1 aromatic rings. The maximum Gasteiger partial charge on any atom is 0.410 e. The highest BCUT2D eigenvalue weighted by atomic mass is 32.2. The summed E-state index contributed by atoms with van der Waals surface area (Å²) in [7, 11) is -2.30. The number of ether oxygens (including phenoxy) is 1. The zero-order chi connectivity index (χ0) is 20.2. The highest BCUT2D eigenvalue weighted by Gasteiger charge is 2.26. The Kier molecular flexibility index (Phi) is 6.39. The van der Waals surface area contributed by atoms with Crippen molar-refractivity contribution in [2.24, 2.45) is 0 Å². The fourth-order valence-electron chi connectivity index (χ4n) is 2.67. The van der Waals surface area contributed by atoms with Crippen molar-refractivity contribution < 1.29 is 17.9 Å². The van der Waals surface area contributed by atoms with E-state index in [4.69, 9.17) is 11.2 Å². The highest BCUT2D eigenvalue weighted by Crippen LogP contribution is 2.17. The number of piperazine rings is 1. The number of nitrogens with zero attached hydrogens (tertiary/aromatic N) is 3. The minimum absolute atomic E-state index is 0.168. The normalized spacial score (nSPS) is 15.9. The zero-order valence-electron chi connectivity index (χ0n) is 16.3. The Hall–Kier alpha value is -2.24. The molecular formula is C19H27N3O4S. The van der Waals surface area contributed by atoms with E-state index in [1.807, 2.05) is 20.8 Å². The second kappa shape index (κ2) is 8.19.